The van der Waals surface area contributed by atoms with E-state index < -0.39 is 0 Å². The van der Waals surface area contributed by atoms with Gasteiger partial charge in [0.1, 0.15) is 0 Å². The molecule has 0 N–H and O–H groups in total. The molecular weight excluding hydrogens is 1410 g/mol. The van der Waals surface area contributed by atoms with Crippen LogP contribution in [0, 0.1) is 23.7 Å². The predicted molar refractivity (Wildman–Crippen MR) is 462 cm³/mol. The van der Waals surface area contributed by atoms with Gasteiger partial charge in [0.25, 0.3) is 23.6 Å². The van der Waals surface area contributed by atoms with Gasteiger partial charge in [-0.25, -0.2) is 0 Å². The maximum atomic E-state index is 15.5. The Labute approximate surface area is 661 Å². The molecule has 574 valence electrons. The lowest BCUT2D eigenvalue weighted by molar-refractivity contribution is -0.124. The van der Waals surface area contributed by atoms with Gasteiger partial charge in [-0.3, -0.25) is 19.2 Å². The number of hydrogen-bond donors (Lipinski definition) is 0. The maximum Gasteiger partial charge on any atom is 0.261 e. The predicted octanol–water partition coefficient (Wildman–Crippen LogP) is 26.7. The van der Waals surface area contributed by atoms with E-state index >= 15 is 19.2 Å². The lowest BCUT2D eigenvalue weighted by Gasteiger charge is -2.29. The molecule has 4 aliphatic rings. The minimum atomic E-state index is -0.0286. The maximum absolute atomic E-state index is 15.5. The number of amides is 4. The molecule has 4 atom stereocenters. The Morgan fingerprint density at radius 3 is 0.898 bits per heavy atom. The SMILES string of the molecule is CCCCCCCCn1c2cc(-c3ccc(C4=C5C(=O)N(CC(CC)CCCC)C(c6cccs6)=C5C(=O)N4CC(CC)CCCC)s3)ccc2c2cc3c(cc21)c1ccc(-c2ccc(C4=C5C(=O)N(CC(CC)CCCC)C(c6cccs6)=C5C(=O)N4CC(CC)CCCC)s2)cc1n3CCCCCCCC. The van der Waals surface area contributed by atoms with Crippen molar-refractivity contribution in [2.75, 3.05) is 26.2 Å². The highest BCUT2D eigenvalue weighted by molar-refractivity contribution is 7.17. The molecule has 6 aromatic heterocycles. The molecule has 0 aliphatic carbocycles. The van der Waals surface area contributed by atoms with Crippen LogP contribution < -0.4 is 0 Å². The fraction of sp³-hybridized carbons (Fsp3) is 0.511. The summed E-state index contributed by atoms with van der Waals surface area (Å²) in [6.45, 7) is 26.8. The Morgan fingerprint density at radius 1 is 0.296 bits per heavy atom. The van der Waals surface area contributed by atoms with E-state index in [2.05, 4.69) is 186 Å². The van der Waals surface area contributed by atoms with Gasteiger partial charge in [0.05, 0.1) is 64.6 Å². The fourth-order valence-corrected chi connectivity index (χ4v) is 21.5. The molecule has 4 unspecified atom stereocenters. The van der Waals surface area contributed by atoms with Crippen molar-refractivity contribution < 1.29 is 19.2 Å². The van der Waals surface area contributed by atoms with E-state index in [9.17, 15) is 0 Å². The van der Waals surface area contributed by atoms with E-state index in [-0.39, 0.29) is 23.6 Å². The molecule has 0 fully saturated rings. The lowest BCUT2D eigenvalue weighted by atomic mass is 9.98. The first-order chi connectivity index (χ1) is 52.9. The van der Waals surface area contributed by atoms with Crippen LogP contribution in [0.25, 0.3) is 87.3 Å². The molecule has 0 saturated heterocycles. The quantitative estimate of drug-likeness (QED) is 0.0356. The zero-order chi connectivity index (χ0) is 75.5. The smallest absolute Gasteiger partial charge is 0.261 e. The second-order valence-electron chi connectivity index (χ2n) is 31.7. The van der Waals surface area contributed by atoms with Crippen molar-refractivity contribution in [1.82, 2.24) is 28.7 Å². The molecular formula is C94H120N6O4S4. The Morgan fingerprint density at radius 2 is 0.593 bits per heavy atom. The third kappa shape index (κ3) is 16.1. The van der Waals surface area contributed by atoms with E-state index in [1.54, 1.807) is 45.3 Å². The van der Waals surface area contributed by atoms with Gasteiger partial charge in [-0.1, -0.05) is 247 Å². The van der Waals surface area contributed by atoms with Crippen molar-refractivity contribution in [2.24, 2.45) is 23.7 Å². The highest BCUT2D eigenvalue weighted by Crippen LogP contribution is 2.53. The Bertz CT molecular complexity index is 4480. The Kier molecular flexibility index (Phi) is 26.9. The van der Waals surface area contributed by atoms with E-state index in [1.807, 2.05) is 19.6 Å². The normalized spacial score (nSPS) is 16.1. The number of hydrogen-bond acceptors (Lipinski definition) is 8. The molecule has 108 heavy (non-hydrogen) atoms. The molecule has 10 heterocycles. The van der Waals surface area contributed by atoms with Crippen LogP contribution in [-0.4, -0.2) is 78.5 Å². The summed E-state index contributed by atoms with van der Waals surface area (Å²) in [5, 5.41) is 9.20. The summed E-state index contributed by atoms with van der Waals surface area (Å²) in [5.74, 6) is 1.20. The molecule has 0 bridgehead atoms. The minimum Gasteiger partial charge on any atom is -0.340 e. The van der Waals surface area contributed by atoms with Gasteiger partial charge >= 0.3 is 0 Å². The Hall–Kier alpha value is -7.10. The highest BCUT2D eigenvalue weighted by atomic mass is 32.1. The van der Waals surface area contributed by atoms with E-state index in [4.69, 9.17) is 0 Å². The number of aromatic nitrogens is 2. The minimum absolute atomic E-state index is 0.0286. The third-order valence-electron chi connectivity index (χ3n) is 24.4. The summed E-state index contributed by atoms with van der Waals surface area (Å²) in [4.78, 5) is 76.3. The molecule has 4 amide bonds. The summed E-state index contributed by atoms with van der Waals surface area (Å²) in [6.07, 6.45) is 31.5. The largest absolute Gasteiger partial charge is 0.340 e. The first kappa shape index (κ1) is 79.0. The van der Waals surface area contributed by atoms with Crippen molar-refractivity contribution >= 4 is 135 Å². The van der Waals surface area contributed by atoms with Crippen molar-refractivity contribution in [3.8, 4) is 20.9 Å². The summed E-state index contributed by atoms with van der Waals surface area (Å²) in [7, 11) is 0. The summed E-state index contributed by atoms with van der Waals surface area (Å²) in [6, 6.07) is 36.5. The van der Waals surface area contributed by atoms with Crippen LogP contribution in [0.1, 0.15) is 269 Å². The number of unbranched alkanes of at least 4 members (excludes halogenated alkanes) is 14. The summed E-state index contributed by atoms with van der Waals surface area (Å²) < 4.78 is 5.27. The zero-order valence-electron chi connectivity index (χ0n) is 66.7. The summed E-state index contributed by atoms with van der Waals surface area (Å²) >= 11 is 6.70. The molecule has 0 spiro atoms. The van der Waals surface area contributed by atoms with Gasteiger partial charge in [-0.05, 0) is 145 Å². The second-order valence-corrected chi connectivity index (χ2v) is 35.8. The number of carbonyl (C=O) groups excluding carboxylic acids is 4. The monoisotopic (exact) mass is 1520 g/mol. The fourth-order valence-electron chi connectivity index (χ4n) is 17.9. The number of nitrogens with zero attached hydrogens (tertiary/aromatic N) is 6. The number of carbonyl (C=O) groups is 4. The van der Waals surface area contributed by atoms with E-state index in [0.717, 1.165) is 192 Å². The van der Waals surface area contributed by atoms with Crippen LogP contribution in [0.4, 0.5) is 0 Å². The number of rotatable bonds is 44. The van der Waals surface area contributed by atoms with E-state index in [0.29, 0.717) is 72.1 Å². The van der Waals surface area contributed by atoms with Crippen LogP contribution in [0.5, 0.6) is 0 Å². The van der Waals surface area contributed by atoms with Gasteiger partial charge in [0, 0.05) is 92.6 Å². The van der Waals surface area contributed by atoms with Crippen LogP contribution >= 0.6 is 45.3 Å². The zero-order valence-corrected chi connectivity index (χ0v) is 70.0. The molecule has 4 aliphatic heterocycles. The van der Waals surface area contributed by atoms with Gasteiger partial charge in [-0.2, -0.15) is 0 Å². The summed E-state index contributed by atoms with van der Waals surface area (Å²) in [5.41, 5.74) is 12.9. The molecule has 0 radical (unpaired) electrons. The molecule has 14 heteroatoms. The topological polar surface area (TPSA) is 91.1 Å². The average molecular weight is 1530 g/mol. The van der Waals surface area contributed by atoms with E-state index in [1.165, 1.54) is 108 Å². The number of benzene rings is 3. The standard InChI is InChI=1S/C94H120N6O4S4/c1-11-21-27-29-31-33-51-95-73-55-67(77-47-49-81(107-77)89-85-83(91(101)99(89)61-65(19-9)39-25-15-5)87(79-41-35-53-105-79)97(93(85)103)59-63(17-7)37-23-13-3)43-45-69(73)71-58-76-72(57-75(71)95)70-46-44-68(56-74(70)96(76)52-34-32-30-28-22-12-2)78-48-50-82(108-78)90-86-84(92(102)100(90)62-66(20-10)40-26-16-6)88(80-42-36-54-106-80)98(94(86)104)60-64(18-8)38-24-14-4/h35-36,41-50,53-58,63-66H,11-34,37-40,51-52,59-62H2,1-10H3. The van der Waals surface area contributed by atoms with Gasteiger partial charge in [-0.15, -0.1) is 45.3 Å². The van der Waals surface area contributed by atoms with Crippen LogP contribution in [0.15, 0.2) is 130 Å². The first-order valence-corrected chi connectivity index (χ1v) is 45.8. The van der Waals surface area contributed by atoms with Gasteiger partial charge in [0.15, 0.2) is 0 Å². The van der Waals surface area contributed by atoms with Crippen LogP contribution in [0.3, 0.4) is 0 Å². The average Bonchev–Trinajstić information content (AvgIpc) is 1.57. The number of aryl methyl sites for hydroxylation is 2. The molecule has 3 aromatic carbocycles. The van der Waals surface area contributed by atoms with Crippen LogP contribution in [0.2, 0.25) is 0 Å². The molecule has 0 saturated carbocycles. The van der Waals surface area contributed by atoms with Crippen molar-refractivity contribution in [2.45, 2.75) is 262 Å². The number of fused-ring (bicyclic) bond motifs is 8. The van der Waals surface area contributed by atoms with Crippen molar-refractivity contribution in [1.29, 1.82) is 0 Å². The van der Waals surface area contributed by atoms with Crippen molar-refractivity contribution in [3.63, 3.8) is 0 Å². The Balaban J connectivity index is 0.913. The number of thiophene rings is 4. The molecule has 9 aromatic rings. The van der Waals surface area contributed by atoms with Gasteiger partial charge in [0.2, 0.25) is 0 Å². The van der Waals surface area contributed by atoms with Crippen LogP contribution in [-0.2, 0) is 32.3 Å². The molecule has 10 nitrogen and oxygen atoms in total. The van der Waals surface area contributed by atoms with Gasteiger partial charge < -0.3 is 28.7 Å². The highest BCUT2D eigenvalue weighted by Gasteiger charge is 2.52. The second kappa shape index (κ2) is 36.8. The lowest BCUT2D eigenvalue weighted by Crippen LogP contribution is -2.34. The first-order valence-electron chi connectivity index (χ1n) is 42.4. The van der Waals surface area contributed by atoms with Crippen molar-refractivity contribution in [3.05, 3.63) is 150 Å². The molecule has 13 rings (SSSR count). The third-order valence-corrected chi connectivity index (χ3v) is 28.4.